The summed E-state index contributed by atoms with van der Waals surface area (Å²) >= 11 is 2.67. The number of carbonyl (C=O) groups excluding carboxylic acids is 2. The minimum atomic E-state index is -0.546. The van der Waals surface area contributed by atoms with Crippen molar-refractivity contribution in [3.8, 4) is 0 Å². The number of benzene rings is 1. The fourth-order valence-electron chi connectivity index (χ4n) is 2.55. The van der Waals surface area contributed by atoms with E-state index in [1.54, 1.807) is 11.6 Å². The molecule has 132 valence electrons. The van der Waals surface area contributed by atoms with Crippen molar-refractivity contribution in [1.82, 2.24) is 9.38 Å². The summed E-state index contributed by atoms with van der Waals surface area (Å²) in [7, 11) is 0. The van der Waals surface area contributed by atoms with E-state index in [1.807, 2.05) is 24.3 Å². The highest BCUT2D eigenvalue weighted by Crippen LogP contribution is 2.36. The summed E-state index contributed by atoms with van der Waals surface area (Å²) in [6.07, 6.45) is 1.59. The van der Waals surface area contributed by atoms with Crippen LogP contribution in [0.3, 0.4) is 0 Å². The Morgan fingerprint density at radius 3 is 3.04 bits per heavy atom. The van der Waals surface area contributed by atoms with E-state index in [9.17, 15) is 14.4 Å². The molecule has 0 unspecified atom stereocenters. The maximum absolute atomic E-state index is 12.1. The van der Waals surface area contributed by atoms with Crippen LogP contribution in [-0.4, -0.2) is 26.5 Å². The second-order valence-electron chi connectivity index (χ2n) is 5.60. The quantitative estimate of drug-likeness (QED) is 0.691. The SMILES string of the molecule is O=C(C[C@@H]1Sc2ccccc2NC1=O)OCc1cc(=O)n2ccsc2n1. The molecule has 1 aromatic carbocycles. The molecule has 0 radical (unpaired) electrons. The Balaban J connectivity index is 1.39. The third-order valence-corrected chi connectivity index (χ3v) is 5.83. The van der Waals surface area contributed by atoms with Crippen LogP contribution in [0.1, 0.15) is 12.1 Å². The van der Waals surface area contributed by atoms with Crippen LogP contribution in [0.4, 0.5) is 5.69 Å². The second-order valence-corrected chi connectivity index (χ2v) is 7.72. The summed E-state index contributed by atoms with van der Waals surface area (Å²) in [4.78, 5) is 41.9. The molecule has 1 aliphatic rings. The maximum atomic E-state index is 12.1. The highest BCUT2D eigenvalue weighted by molar-refractivity contribution is 8.01. The fraction of sp³-hybridized carbons (Fsp3) is 0.176. The van der Waals surface area contributed by atoms with Gasteiger partial charge in [-0.15, -0.1) is 23.1 Å². The molecule has 9 heteroatoms. The number of para-hydroxylation sites is 1. The minimum absolute atomic E-state index is 0.0505. The molecule has 0 spiro atoms. The third kappa shape index (κ3) is 3.35. The number of thioether (sulfide) groups is 1. The number of carbonyl (C=O) groups is 2. The number of ether oxygens (including phenoxy) is 1. The van der Waals surface area contributed by atoms with Crippen molar-refractivity contribution in [2.45, 2.75) is 23.2 Å². The van der Waals surface area contributed by atoms with Gasteiger partial charge in [-0.05, 0) is 12.1 Å². The van der Waals surface area contributed by atoms with Gasteiger partial charge in [0.05, 0.1) is 23.1 Å². The highest BCUT2D eigenvalue weighted by Gasteiger charge is 2.29. The van der Waals surface area contributed by atoms with Crippen molar-refractivity contribution >= 4 is 45.6 Å². The Morgan fingerprint density at radius 2 is 2.15 bits per heavy atom. The van der Waals surface area contributed by atoms with Gasteiger partial charge in [-0.25, -0.2) is 4.98 Å². The van der Waals surface area contributed by atoms with Gasteiger partial charge < -0.3 is 10.1 Å². The molecule has 2 aromatic heterocycles. The van der Waals surface area contributed by atoms with E-state index in [4.69, 9.17) is 4.74 Å². The molecule has 0 bridgehead atoms. The van der Waals surface area contributed by atoms with Crippen LogP contribution in [-0.2, 0) is 20.9 Å². The molecule has 0 aliphatic carbocycles. The molecule has 4 rings (SSSR count). The van der Waals surface area contributed by atoms with Crippen LogP contribution in [0.25, 0.3) is 4.96 Å². The van der Waals surface area contributed by atoms with Gasteiger partial charge >= 0.3 is 5.97 Å². The lowest BCUT2D eigenvalue weighted by atomic mass is 10.2. The number of thiazole rings is 1. The molecule has 0 saturated carbocycles. The number of rotatable bonds is 4. The highest BCUT2D eigenvalue weighted by atomic mass is 32.2. The third-order valence-electron chi connectivity index (χ3n) is 3.80. The number of hydrogen-bond acceptors (Lipinski definition) is 7. The van der Waals surface area contributed by atoms with Crippen LogP contribution in [0.15, 0.2) is 51.6 Å². The van der Waals surface area contributed by atoms with Crippen LogP contribution in [0, 0.1) is 0 Å². The largest absolute Gasteiger partial charge is 0.459 e. The van der Waals surface area contributed by atoms with Gasteiger partial charge in [0.1, 0.15) is 6.61 Å². The zero-order valence-electron chi connectivity index (χ0n) is 13.4. The number of amides is 1. The van der Waals surface area contributed by atoms with E-state index in [0.29, 0.717) is 10.7 Å². The van der Waals surface area contributed by atoms with E-state index in [1.165, 1.54) is 33.6 Å². The second kappa shape index (κ2) is 6.93. The Morgan fingerprint density at radius 1 is 1.31 bits per heavy atom. The Kier molecular flexibility index (Phi) is 4.48. The lowest BCUT2D eigenvalue weighted by Crippen LogP contribution is -2.31. The first-order valence-corrected chi connectivity index (χ1v) is 9.54. The predicted octanol–water partition coefficient (Wildman–Crippen LogP) is 2.30. The van der Waals surface area contributed by atoms with Crippen molar-refractivity contribution in [3.63, 3.8) is 0 Å². The van der Waals surface area contributed by atoms with Gasteiger partial charge in [0, 0.05) is 22.5 Å². The normalized spacial score (nSPS) is 16.2. The topological polar surface area (TPSA) is 89.8 Å². The average molecular weight is 387 g/mol. The Bertz CT molecular complexity index is 1060. The number of aromatic nitrogens is 2. The molecule has 7 nitrogen and oxygen atoms in total. The maximum Gasteiger partial charge on any atom is 0.307 e. The lowest BCUT2D eigenvalue weighted by molar-refractivity contribution is -0.145. The van der Waals surface area contributed by atoms with Crippen LogP contribution in [0.5, 0.6) is 0 Å². The van der Waals surface area contributed by atoms with E-state index in [-0.39, 0.29) is 24.5 Å². The van der Waals surface area contributed by atoms with Gasteiger partial charge in [0.15, 0.2) is 4.96 Å². The number of fused-ring (bicyclic) bond motifs is 2. The van der Waals surface area contributed by atoms with Gasteiger partial charge in [0.2, 0.25) is 5.91 Å². The molecule has 1 N–H and O–H groups in total. The molecule has 0 fully saturated rings. The van der Waals surface area contributed by atoms with E-state index in [0.717, 1.165) is 10.6 Å². The minimum Gasteiger partial charge on any atom is -0.459 e. The molecular weight excluding hydrogens is 374 g/mol. The van der Waals surface area contributed by atoms with Crippen LogP contribution < -0.4 is 10.9 Å². The molecule has 1 aliphatic heterocycles. The Hall–Kier alpha value is -2.65. The zero-order chi connectivity index (χ0) is 18.1. The molecule has 1 amide bonds. The van der Waals surface area contributed by atoms with Gasteiger partial charge in [-0.3, -0.25) is 18.8 Å². The van der Waals surface area contributed by atoms with Crippen LogP contribution >= 0.6 is 23.1 Å². The summed E-state index contributed by atoms with van der Waals surface area (Å²) < 4.78 is 6.64. The lowest BCUT2D eigenvalue weighted by Gasteiger charge is -2.23. The molecule has 3 heterocycles. The van der Waals surface area contributed by atoms with Crippen molar-refractivity contribution in [3.05, 3.63) is 58.0 Å². The Labute approximate surface area is 156 Å². The molecule has 26 heavy (non-hydrogen) atoms. The van der Waals surface area contributed by atoms with Gasteiger partial charge in [0.25, 0.3) is 5.56 Å². The summed E-state index contributed by atoms with van der Waals surface area (Å²) in [6, 6.07) is 8.77. The predicted molar refractivity (Wildman–Crippen MR) is 98.5 cm³/mol. The summed E-state index contributed by atoms with van der Waals surface area (Å²) in [6.45, 7) is -0.0991. The van der Waals surface area contributed by atoms with E-state index < -0.39 is 11.2 Å². The molecule has 0 saturated heterocycles. The zero-order valence-corrected chi connectivity index (χ0v) is 15.0. The molecule has 3 aromatic rings. The van der Waals surface area contributed by atoms with Crippen molar-refractivity contribution < 1.29 is 14.3 Å². The smallest absolute Gasteiger partial charge is 0.307 e. The van der Waals surface area contributed by atoms with E-state index >= 15 is 0 Å². The monoisotopic (exact) mass is 387 g/mol. The van der Waals surface area contributed by atoms with Crippen LogP contribution in [0.2, 0.25) is 0 Å². The number of nitrogens with one attached hydrogen (secondary N) is 1. The number of anilines is 1. The van der Waals surface area contributed by atoms with Crippen molar-refractivity contribution in [2.75, 3.05) is 5.32 Å². The summed E-state index contributed by atoms with van der Waals surface area (Å²) in [5.41, 5.74) is 0.916. The summed E-state index contributed by atoms with van der Waals surface area (Å²) in [5.74, 6) is -0.729. The van der Waals surface area contributed by atoms with Gasteiger partial charge in [-0.2, -0.15) is 0 Å². The molecular formula is C17H13N3O4S2. The number of nitrogens with zero attached hydrogens (tertiary/aromatic N) is 2. The molecule has 1 atom stereocenters. The fourth-order valence-corrected chi connectivity index (χ4v) is 4.39. The van der Waals surface area contributed by atoms with Crippen molar-refractivity contribution in [1.29, 1.82) is 0 Å². The summed E-state index contributed by atoms with van der Waals surface area (Å²) in [5, 5.41) is 4.01. The first kappa shape index (κ1) is 16.8. The first-order chi connectivity index (χ1) is 12.6. The van der Waals surface area contributed by atoms with E-state index in [2.05, 4.69) is 10.3 Å². The van der Waals surface area contributed by atoms with Crippen molar-refractivity contribution in [2.24, 2.45) is 0 Å². The number of hydrogen-bond donors (Lipinski definition) is 1. The first-order valence-electron chi connectivity index (χ1n) is 7.78. The number of esters is 1. The standard InChI is InChI=1S/C17H13N3O4S2/c21-14-7-10(18-17-20(14)5-6-25-17)9-24-15(22)8-13-16(23)19-11-3-1-2-4-12(11)26-13/h1-7,13H,8-9H2,(H,19,23)/t13-/m0/s1. The average Bonchev–Trinajstić information content (AvgIpc) is 3.10. The van der Waals surface area contributed by atoms with Gasteiger partial charge in [-0.1, -0.05) is 12.1 Å².